The zero-order chi connectivity index (χ0) is 26.6. The topological polar surface area (TPSA) is 89.8 Å². The third-order valence-electron chi connectivity index (χ3n) is 6.62. The van der Waals surface area contributed by atoms with E-state index >= 15 is 0 Å². The molecule has 0 atom stereocenters. The van der Waals surface area contributed by atoms with E-state index < -0.39 is 23.3 Å². The SMILES string of the molecule is CC(C)c1nnc(C2CCC(C(=O)CCCNC(=O)c3cn(-c4ccccc4)nc3C(F)(F)F)CC2)s1. The van der Waals surface area contributed by atoms with Crippen LogP contribution in [0.15, 0.2) is 36.5 Å². The summed E-state index contributed by atoms with van der Waals surface area (Å²) in [5.41, 5.74) is -1.37. The molecule has 0 saturated heterocycles. The van der Waals surface area contributed by atoms with Gasteiger partial charge >= 0.3 is 6.18 Å². The molecule has 4 rings (SSSR count). The number of aromatic nitrogens is 4. The molecule has 1 aromatic carbocycles. The predicted octanol–water partition coefficient (Wildman–Crippen LogP) is 5.92. The standard InChI is InChI=1S/C26H30F3N5O2S/c1-16(2)24-31-32-25(37-24)18-12-10-17(11-13-18)21(35)9-6-14-30-23(36)20-15-34(19-7-4-3-5-8-19)33-22(20)26(27,28)29/h3-5,7-8,15-18H,6,9-14H2,1-2H3,(H,30,36). The number of halogens is 3. The average Bonchev–Trinajstić information content (AvgIpc) is 3.55. The van der Waals surface area contributed by atoms with Gasteiger partial charge in [0.15, 0.2) is 5.69 Å². The molecule has 3 aromatic rings. The van der Waals surface area contributed by atoms with Crippen LogP contribution in [0, 0.1) is 5.92 Å². The fraction of sp³-hybridized carbons (Fsp3) is 0.500. The molecule has 0 unspecified atom stereocenters. The lowest BCUT2D eigenvalue weighted by atomic mass is 9.79. The summed E-state index contributed by atoms with van der Waals surface area (Å²) in [6, 6.07) is 8.28. The van der Waals surface area contributed by atoms with Crippen molar-refractivity contribution in [1.82, 2.24) is 25.3 Å². The first kappa shape index (κ1) is 27.0. The fourth-order valence-electron chi connectivity index (χ4n) is 4.53. The van der Waals surface area contributed by atoms with Crippen LogP contribution in [0.2, 0.25) is 0 Å². The molecule has 2 heterocycles. The van der Waals surface area contributed by atoms with E-state index in [0.29, 0.717) is 23.9 Å². The number of nitrogens with zero attached hydrogens (tertiary/aromatic N) is 4. The second kappa shape index (κ2) is 11.5. The van der Waals surface area contributed by atoms with Crippen molar-refractivity contribution in [3.05, 3.63) is 57.8 Å². The maximum Gasteiger partial charge on any atom is 0.435 e. The quantitative estimate of drug-likeness (QED) is 0.345. The van der Waals surface area contributed by atoms with Crippen molar-refractivity contribution in [3.8, 4) is 5.69 Å². The van der Waals surface area contributed by atoms with Crippen molar-refractivity contribution in [2.24, 2.45) is 5.92 Å². The van der Waals surface area contributed by atoms with Crippen molar-refractivity contribution in [1.29, 1.82) is 0 Å². The number of amides is 1. The van der Waals surface area contributed by atoms with Gasteiger partial charge in [-0.2, -0.15) is 18.3 Å². The summed E-state index contributed by atoms with van der Waals surface area (Å²) in [4.78, 5) is 25.3. The minimum absolute atomic E-state index is 0.0228. The summed E-state index contributed by atoms with van der Waals surface area (Å²) >= 11 is 1.65. The number of hydrogen-bond acceptors (Lipinski definition) is 6. The van der Waals surface area contributed by atoms with Gasteiger partial charge < -0.3 is 5.32 Å². The lowest BCUT2D eigenvalue weighted by molar-refractivity contribution is -0.141. The largest absolute Gasteiger partial charge is 0.435 e. The van der Waals surface area contributed by atoms with E-state index in [4.69, 9.17) is 0 Å². The molecule has 1 amide bonds. The Bertz CT molecular complexity index is 1210. The smallest absolute Gasteiger partial charge is 0.352 e. The molecule has 0 radical (unpaired) electrons. The van der Waals surface area contributed by atoms with Gasteiger partial charge in [0, 0.05) is 36.9 Å². The van der Waals surface area contributed by atoms with Gasteiger partial charge in [0.2, 0.25) is 0 Å². The van der Waals surface area contributed by atoms with Crippen LogP contribution in [-0.4, -0.2) is 38.2 Å². The molecule has 7 nitrogen and oxygen atoms in total. The van der Waals surface area contributed by atoms with Crippen molar-refractivity contribution >= 4 is 23.0 Å². The van der Waals surface area contributed by atoms with Crippen LogP contribution in [0.25, 0.3) is 5.69 Å². The molecule has 2 aromatic heterocycles. The molecule has 37 heavy (non-hydrogen) atoms. The van der Waals surface area contributed by atoms with Gasteiger partial charge in [-0.25, -0.2) is 4.68 Å². The van der Waals surface area contributed by atoms with Gasteiger partial charge in [-0.1, -0.05) is 32.0 Å². The Hall–Kier alpha value is -3.08. The predicted molar refractivity (Wildman–Crippen MR) is 134 cm³/mol. The fourth-order valence-corrected chi connectivity index (χ4v) is 5.55. The van der Waals surface area contributed by atoms with Gasteiger partial charge in [-0.05, 0) is 44.2 Å². The van der Waals surface area contributed by atoms with Gasteiger partial charge in [-0.3, -0.25) is 9.59 Å². The second-order valence-corrected chi connectivity index (χ2v) is 10.7. The third-order valence-corrected chi connectivity index (χ3v) is 8.00. The number of rotatable bonds is 9. The summed E-state index contributed by atoms with van der Waals surface area (Å²) in [6.07, 6.45) is 0.330. The van der Waals surface area contributed by atoms with Crippen LogP contribution in [0.3, 0.4) is 0 Å². The van der Waals surface area contributed by atoms with E-state index in [-0.39, 0.29) is 24.7 Å². The number of para-hydroxylation sites is 1. The van der Waals surface area contributed by atoms with E-state index in [1.807, 2.05) is 0 Å². The normalized spacial score (nSPS) is 18.2. The number of benzene rings is 1. The Labute approximate surface area is 217 Å². The van der Waals surface area contributed by atoms with Crippen molar-refractivity contribution in [3.63, 3.8) is 0 Å². The number of nitrogens with one attached hydrogen (secondary N) is 1. The van der Waals surface area contributed by atoms with E-state index in [9.17, 15) is 22.8 Å². The number of hydrogen-bond donors (Lipinski definition) is 1. The van der Waals surface area contributed by atoms with Crippen LogP contribution in [0.1, 0.15) is 90.3 Å². The Balaban J connectivity index is 1.26. The molecule has 1 aliphatic carbocycles. The lowest BCUT2D eigenvalue weighted by Crippen LogP contribution is -2.27. The Morgan fingerprint density at radius 1 is 1.11 bits per heavy atom. The maximum atomic E-state index is 13.5. The van der Waals surface area contributed by atoms with Gasteiger partial charge in [0.25, 0.3) is 5.91 Å². The molecule has 1 N–H and O–H groups in total. The number of carbonyl (C=O) groups excluding carboxylic acids is 2. The number of Topliss-reactive ketones (excluding diaryl/α,β-unsaturated/α-hetero) is 1. The minimum Gasteiger partial charge on any atom is -0.352 e. The highest BCUT2D eigenvalue weighted by atomic mass is 32.1. The van der Waals surface area contributed by atoms with Crippen LogP contribution < -0.4 is 5.32 Å². The first-order chi connectivity index (χ1) is 17.6. The zero-order valence-corrected chi connectivity index (χ0v) is 21.6. The van der Waals surface area contributed by atoms with Crippen LogP contribution in [0.4, 0.5) is 13.2 Å². The second-order valence-electron chi connectivity index (χ2n) is 9.68. The number of carbonyl (C=O) groups is 2. The van der Waals surface area contributed by atoms with Crippen LogP contribution in [-0.2, 0) is 11.0 Å². The van der Waals surface area contributed by atoms with E-state index in [2.05, 4.69) is 34.5 Å². The van der Waals surface area contributed by atoms with E-state index in [1.165, 1.54) is 0 Å². The summed E-state index contributed by atoms with van der Waals surface area (Å²) < 4.78 is 41.6. The van der Waals surface area contributed by atoms with Crippen molar-refractivity contribution in [2.45, 2.75) is 70.4 Å². The zero-order valence-electron chi connectivity index (χ0n) is 20.8. The highest BCUT2D eigenvalue weighted by Gasteiger charge is 2.39. The number of alkyl halides is 3. The first-order valence-corrected chi connectivity index (χ1v) is 13.3. The molecule has 0 aliphatic heterocycles. The number of ketones is 1. The van der Waals surface area contributed by atoms with Gasteiger partial charge in [-0.15, -0.1) is 21.5 Å². The van der Waals surface area contributed by atoms with Crippen molar-refractivity contribution in [2.75, 3.05) is 6.54 Å². The highest BCUT2D eigenvalue weighted by Crippen LogP contribution is 2.38. The monoisotopic (exact) mass is 533 g/mol. The van der Waals surface area contributed by atoms with Gasteiger partial charge in [0.1, 0.15) is 15.8 Å². The Morgan fingerprint density at radius 2 is 1.81 bits per heavy atom. The third kappa shape index (κ3) is 6.63. The minimum atomic E-state index is -4.77. The summed E-state index contributed by atoms with van der Waals surface area (Å²) in [5.74, 6) is -0.0518. The van der Waals surface area contributed by atoms with Crippen LogP contribution >= 0.6 is 11.3 Å². The van der Waals surface area contributed by atoms with E-state index in [0.717, 1.165) is 46.6 Å². The molecule has 1 saturated carbocycles. The molecule has 0 bridgehead atoms. The Kier molecular flexibility index (Phi) is 8.41. The molecule has 1 fully saturated rings. The van der Waals surface area contributed by atoms with Crippen molar-refractivity contribution < 1.29 is 22.8 Å². The molecular formula is C26H30F3N5O2S. The Morgan fingerprint density at radius 3 is 2.43 bits per heavy atom. The summed E-state index contributed by atoms with van der Waals surface area (Å²) in [6.45, 7) is 4.29. The highest BCUT2D eigenvalue weighted by molar-refractivity contribution is 7.11. The maximum absolute atomic E-state index is 13.5. The van der Waals surface area contributed by atoms with Crippen LogP contribution in [0.5, 0.6) is 0 Å². The van der Waals surface area contributed by atoms with Gasteiger partial charge in [0.05, 0.1) is 11.3 Å². The summed E-state index contributed by atoms with van der Waals surface area (Å²) in [7, 11) is 0. The molecular weight excluding hydrogens is 503 g/mol. The first-order valence-electron chi connectivity index (χ1n) is 12.5. The lowest BCUT2D eigenvalue weighted by Gasteiger charge is -2.26. The molecule has 1 aliphatic rings. The van der Waals surface area contributed by atoms with E-state index in [1.54, 1.807) is 41.7 Å². The molecule has 0 spiro atoms. The summed E-state index contributed by atoms with van der Waals surface area (Å²) in [5, 5.41) is 16.8. The average molecular weight is 534 g/mol. The molecule has 11 heteroatoms. The molecule has 198 valence electrons.